The van der Waals surface area contributed by atoms with E-state index in [1.165, 1.54) is 5.56 Å². The molecule has 0 radical (unpaired) electrons. The number of pyridine rings is 2. The Bertz CT molecular complexity index is 444. The van der Waals surface area contributed by atoms with Crippen LogP contribution in [0.15, 0.2) is 36.8 Å². The van der Waals surface area contributed by atoms with Crippen molar-refractivity contribution in [1.82, 2.24) is 9.97 Å². The SMILES string of the molecule is Cc1cccnc1.Cc1cnc(Cl)c(Cl)c1. The van der Waals surface area contributed by atoms with Gasteiger partial charge in [0.15, 0.2) is 0 Å². The topological polar surface area (TPSA) is 25.8 Å². The van der Waals surface area contributed by atoms with E-state index in [9.17, 15) is 0 Å². The van der Waals surface area contributed by atoms with Crippen molar-refractivity contribution in [3.05, 3.63) is 58.1 Å². The van der Waals surface area contributed by atoms with Gasteiger partial charge >= 0.3 is 0 Å². The van der Waals surface area contributed by atoms with Gasteiger partial charge in [-0.3, -0.25) is 4.98 Å². The quantitative estimate of drug-likeness (QED) is 0.662. The van der Waals surface area contributed by atoms with Crippen LogP contribution < -0.4 is 0 Å². The van der Waals surface area contributed by atoms with Crippen LogP contribution in [0.25, 0.3) is 0 Å². The summed E-state index contributed by atoms with van der Waals surface area (Å²) in [5.41, 5.74) is 2.23. The highest BCUT2D eigenvalue weighted by Gasteiger charge is 1.95. The third-order valence-corrected chi connectivity index (χ3v) is 2.43. The fraction of sp³-hybridized carbons (Fsp3) is 0.167. The molecule has 0 aliphatic carbocycles. The first kappa shape index (κ1) is 12.9. The first-order valence-corrected chi connectivity index (χ1v) is 5.49. The van der Waals surface area contributed by atoms with Gasteiger partial charge in [0.05, 0.1) is 5.02 Å². The lowest BCUT2D eigenvalue weighted by Crippen LogP contribution is -1.77. The summed E-state index contributed by atoms with van der Waals surface area (Å²) < 4.78 is 0. The van der Waals surface area contributed by atoms with Crippen LogP contribution in [0.5, 0.6) is 0 Å². The molecule has 0 unspecified atom stereocenters. The molecular formula is C12H12Cl2N2. The van der Waals surface area contributed by atoms with Crippen molar-refractivity contribution in [3.8, 4) is 0 Å². The highest BCUT2D eigenvalue weighted by Crippen LogP contribution is 2.18. The molecule has 0 amide bonds. The van der Waals surface area contributed by atoms with Gasteiger partial charge in [-0.15, -0.1) is 0 Å². The predicted molar refractivity (Wildman–Crippen MR) is 68.0 cm³/mol. The van der Waals surface area contributed by atoms with E-state index in [-0.39, 0.29) is 0 Å². The van der Waals surface area contributed by atoms with Crippen molar-refractivity contribution in [2.24, 2.45) is 0 Å². The Morgan fingerprint density at radius 2 is 1.81 bits per heavy atom. The molecular weight excluding hydrogens is 243 g/mol. The van der Waals surface area contributed by atoms with E-state index in [4.69, 9.17) is 23.2 Å². The van der Waals surface area contributed by atoms with E-state index in [0.717, 1.165) is 5.56 Å². The van der Waals surface area contributed by atoms with Crippen LogP contribution in [0.4, 0.5) is 0 Å². The summed E-state index contributed by atoms with van der Waals surface area (Å²) >= 11 is 11.2. The summed E-state index contributed by atoms with van der Waals surface area (Å²) in [6.45, 7) is 3.93. The van der Waals surface area contributed by atoms with Gasteiger partial charge in [0.2, 0.25) is 0 Å². The minimum absolute atomic E-state index is 0.363. The smallest absolute Gasteiger partial charge is 0.147 e. The van der Waals surface area contributed by atoms with Gasteiger partial charge in [-0.05, 0) is 37.1 Å². The molecule has 0 aliphatic heterocycles. The maximum absolute atomic E-state index is 5.62. The maximum Gasteiger partial charge on any atom is 0.147 e. The number of aryl methyl sites for hydroxylation is 2. The van der Waals surface area contributed by atoms with Crippen molar-refractivity contribution < 1.29 is 0 Å². The fourth-order valence-electron chi connectivity index (χ4n) is 0.965. The molecule has 2 nitrogen and oxygen atoms in total. The van der Waals surface area contributed by atoms with Crippen LogP contribution in [-0.4, -0.2) is 9.97 Å². The van der Waals surface area contributed by atoms with E-state index < -0.39 is 0 Å². The molecule has 4 heteroatoms. The molecule has 2 heterocycles. The number of hydrogen-bond acceptors (Lipinski definition) is 2. The second-order valence-corrected chi connectivity index (χ2v) is 4.08. The van der Waals surface area contributed by atoms with E-state index in [0.29, 0.717) is 10.2 Å². The summed E-state index contributed by atoms with van der Waals surface area (Å²) in [6.07, 6.45) is 5.28. The number of rotatable bonds is 0. The zero-order valence-corrected chi connectivity index (χ0v) is 10.6. The van der Waals surface area contributed by atoms with Crippen LogP contribution in [0.1, 0.15) is 11.1 Å². The summed E-state index contributed by atoms with van der Waals surface area (Å²) in [5, 5.41) is 0.874. The van der Waals surface area contributed by atoms with Gasteiger partial charge in [-0.1, -0.05) is 29.3 Å². The van der Waals surface area contributed by atoms with Crippen molar-refractivity contribution in [1.29, 1.82) is 0 Å². The second-order valence-electron chi connectivity index (χ2n) is 3.32. The molecule has 0 saturated carbocycles. The van der Waals surface area contributed by atoms with Gasteiger partial charge in [-0.25, -0.2) is 4.98 Å². The summed E-state index contributed by atoms with van der Waals surface area (Å²) in [7, 11) is 0. The molecule has 0 N–H and O–H groups in total. The minimum Gasteiger partial charge on any atom is -0.264 e. The number of aromatic nitrogens is 2. The first-order chi connectivity index (χ1) is 7.59. The largest absolute Gasteiger partial charge is 0.264 e. The van der Waals surface area contributed by atoms with Crippen molar-refractivity contribution >= 4 is 23.2 Å². The van der Waals surface area contributed by atoms with Crippen LogP contribution in [0, 0.1) is 13.8 Å². The highest BCUT2D eigenvalue weighted by molar-refractivity contribution is 6.41. The van der Waals surface area contributed by atoms with E-state index >= 15 is 0 Å². The normalized spacial score (nSPS) is 9.25. The van der Waals surface area contributed by atoms with Crippen LogP contribution >= 0.6 is 23.2 Å². The standard InChI is InChI=1S/C6H5Cl2N.C6H7N/c1-4-2-5(7)6(8)9-3-4;1-6-3-2-4-7-5-6/h2-3H,1H3;2-5H,1H3. The molecule has 2 aromatic rings. The van der Waals surface area contributed by atoms with Gasteiger partial charge in [0.1, 0.15) is 5.15 Å². The first-order valence-electron chi connectivity index (χ1n) is 4.74. The predicted octanol–water partition coefficient (Wildman–Crippen LogP) is 4.09. The lowest BCUT2D eigenvalue weighted by Gasteiger charge is -1.93. The van der Waals surface area contributed by atoms with Crippen LogP contribution in [0.2, 0.25) is 10.2 Å². The zero-order chi connectivity index (χ0) is 12.0. The van der Waals surface area contributed by atoms with Crippen LogP contribution in [-0.2, 0) is 0 Å². The lowest BCUT2D eigenvalue weighted by molar-refractivity contribution is 1.27. The highest BCUT2D eigenvalue weighted by atomic mass is 35.5. The maximum atomic E-state index is 5.62. The Labute approximate surface area is 105 Å². The van der Waals surface area contributed by atoms with Gasteiger partial charge in [0, 0.05) is 18.6 Å². The van der Waals surface area contributed by atoms with Crippen LogP contribution in [0.3, 0.4) is 0 Å². The summed E-state index contributed by atoms with van der Waals surface area (Å²) in [6, 6.07) is 5.72. The summed E-state index contributed by atoms with van der Waals surface area (Å²) in [5.74, 6) is 0. The Balaban J connectivity index is 0.000000165. The molecule has 16 heavy (non-hydrogen) atoms. The monoisotopic (exact) mass is 254 g/mol. The molecule has 0 aliphatic rings. The minimum atomic E-state index is 0.363. The number of halogens is 2. The van der Waals surface area contributed by atoms with Gasteiger partial charge in [-0.2, -0.15) is 0 Å². The number of hydrogen-bond donors (Lipinski definition) is 0. The third-order valence-electron chi connectivity index (χ3n) is 1.74. The molecule has 0 saturated heterocycles. The molecule has 2 rings (SSSR count). The van der Waals surface area contributed by atoms with Crippen molar-refractivity contribution in [3.63, 3.8) is 0 Å². The molecule has 0 bridgehead atoms. The summed E-state index contributed by atoms with van der Waals surface area (Å²) in [4.78, 5) is 7.70. The van der Waals surface area contributed by atoms with E-state index in [2.05, 4.69) is 9.97 Å². The lowest BCUT2D eigenvalue weighted by atomic mass is 10.3. The molecule has 0 fully saturated rings. The average Bonchev–Trinajstić information content (AvgIpc) is 2.26. The van der Waals surface area contributed by atoms with Gasteiger partial charge in [0.25, 0.3) is 0 Å². The second kappa shape index (κ2) is 6.46. The van der Waals surface area contributed by atoms with Gasteiger partial charge < -0.3 is 0 Å². The number of nitrogens with zero attached hydrogens (tertiary/aromatic N) is 2. The molecule has 2 aromatic heterocycles. The molecule has 0 aromatic carbocycles. The molecule has 84 valence electrons. The van der Waals surface area contributed by atoms with Crippen molar-refractivity contribution in [2.45, 2.75) is 13.8 Å². The average molecular weight is 255 g/mol. The van der Waals surface area contributed by atoms with E-state index in [1.54, 1.807) is 18.5 Å². The zero-order valence-electron chi connectivity index (χ0n) is 9.11. The molecule has 0 atom stereocenters. The Morgan fingerprint density at radius 3 is 2.19 bits per heavy atom. The van der Waals surface area contributed by atoms with Crippen molar-refractivity contribution in [2.75, 3.05) is 0 Å². The Hall–Kier alpha value is -1.12. The fourth-order valence-corrected chi connectivity index (χ4v) is 1.29. The third kappa shape index (κ3) is 4.60. The van der Waals surface area contributed by atoms with E-state index in [1.807, 2.05) is 32.2 Å². The molecule has 0 spiro atoms. The Kier molecular flexibility index (Phi) is 5.23. The Morgan fingerprint density at radius 1 is 1.06 bits per heavy atom.